The average molecular weight is 311 g/mol. The van der Waals surface area contributed by atoms with Gasteiger partial charge in [-0.3, -0.25) is 0 Å². The van der Waals surface area contributed by atoms with Crippen LogP contribution >= 0.6 is 0 Å². The van der Waals surface area contributed by atoms with Gasteiger partial charge in [-0.05, 0) is 25.7 Å². The molecule has 0 aromatic heterocycles. The van der Waals surface area contributed by atoms with Crippen LogP contribution < -0.4 is 42.0 Å². The fourth-order valence-corrected chi connectivity index (χ4v) is 2.32. The largest absolute Gasteiger partial charge is 1.00 e. The Morgan fingerprint density at radius 2 is 0.800 bits per heavy atom. The molecule has 0 N–H and O–H groups in total. The molecular weight excluding hydrogens is 275 g/mol. The first-order chi connectivity index (χ1) is 8.91. The molecule has 116 valence electrons. The molecule has 0 atom stereocenters. The zero-order valence-electron chi connectivity index (χ0n) is 14.4. The van der Waals surface area contributed by atoms with Gasteiger partial charge in [0.15, 0.2) is 0 Å². The van der Waals surface area contributed by atoms with Crippen molar-refractivity contribution < 1.29 is 42.0 Å². The molecule has 0 nitrogen and oxygen atoms in total. The monoisotopic (exact) mass is 310 g/mol. The van der Waals surface area contributed by atoms with E-state index in [1.165, 1.54) is 89.9 Å². The summed E-state index contributed by atoms with van der Waals surface area (Å²) in [5.41, 5.74) is 0. The molecule has 2 heteroatoms. The molecule has 0 saturated carbocycles. The van der Waals surface area contributed by atoms with Crippen LogP contribution in [0.4, 0.5) is 0 Å². The van der Waals surface area contributed by atoms with E-state index >= 15 is 0 Å². The molecule has 20 heavy (non-hydrogen) atoms. The Bertz CT molecular complexity index is 151. The minimum absolute atomic E-state index is 0. The van der Waals surface area contributed by atoms with Crippen molar-refractivity contribution in [3.63, 3.8) is 0 Å². The Balaban J connectivity index is -0.00000144. The van der Waals surface area contributed by atoms with Crippen molar-refractivity contribution in [3.8, 4) is 0 Å². The van der Waals surface area contributed by atoms with Crippen molar-refractivity contribution in [1.82, 2.24) is 0 Å². The first-order valence-electron chi connectivity index (χ1n) is 8.56. The van der Waals surface area contributed by atoms with E-state index < -0.39 is 0 Å². The summed E-state index contributed by atoms with van der Waals surface area (Å²) in [6.07, 6.45) is 24.4. The van der Waals surface area contributed by atoms with E-state index in [2.05, 4.69) is 26.0 Å². The third-order valence-corrected chi connectivity index (χ3v) is 3.62. The van der Waals surface area contributed by atoms with Crippen molar-refractivity contribution in [2.24, 2.45) is 0 Å². The van der Waals surface area contributed by atoms with Crippen molar-refractivity contribution in [2.45, 2.75) is 104 Å². The molecule has 0 bridgehead atoms. The summed E-state index contributed by atoms with van der Waals surface area (Å²) in [6, 6.07) is 0. The zero-order valence-corrected chi connectivity index (χ0v) is 17.2. The summed E-state index contributed by atoms with van der Waals surface area (Å²) in [4.78, 5) is 0. The van der Waals surface area contributed by atoms with E-state index in [-0.39, 0.29) is 42.0 Å². The third kappa shape index (κ3) is 24.1. The molecule has 0 fully saturated rings. The van der Waals surface area contributed by atoms with Crippen LogP contribution in [0.3, 0.4) is 0 Å². The van der Waals surface area contributed by atoms with Gasteiger partial charge in [-0.25, -0.2) is 0 Å². The first-order valence-corrected chi connectivity index (χ1v) is 8.56. The predicted molar refractivity (Wildman–Crippen MR) is 85.1 cm³/mol. The van der Waals surface area contributed by atoms with Gasteiger partial charge >= 0.3 is 29.6 Å². The van der Waals surface area contributed by atoms with E-state index in [0.29, 0.717) is 0 Å². The smallest absolute Gasteiger partial charge is 1.00 e. The minimum Gasteiger partial charge on any atom is -1.00 e. The van der Waals surface area contributed by atoms with E-state index in [1.807, 2.05) is 0 Å². The standard InChI is InChI=1S/C18H36.ClH.Na/c1-3-5-7-9-11-13-15-17-18-16-14-12-10-8-6-4-2;;/h17-18H,3-16H2,1-2H3;1H;/q;;+1/p-1/b18-17-;;. The maximum atomic E-state index is 2.41. The van der Waals surface area contributed by atoms with Crippen LogP contribution in [-0.4, -0.2) is 0 Å². The number of unbranched alkanes of at least 4 members (excludes halogenated alkanes) is 12. The second kappa shape index (κ2) is 25.0. The SMILES string of the molecule is CCCCCCCC/C=C\CCCCCCCC.[Cl-].[Na+]. The van der Waals surface area contributed by atoms with Crippen molar-refractivity contribution in [1.29, 1.82) is 0 Å². The predicted octanol–water partition coefficient (Wildman–Crippen LogP) is 1.05. The van der Waals surface area contributed by atoms with Crippen LogP contribution in [0.1, 0.15) is 104 Å². The second-order valence-electron chi connectivity index (χ2n) is 5.58. The molecule has 0 amide bonds. The molecule has 0 radical (unpaired) electrons. The van der Waals surface area contributed by atoms with Crippen LogP contribution in [0.15, 0.2) is 12.2 Å². The first kappa shape index (κ1) is 26.0. The Labute approximate surface area is 157 Å². The fourth-order valence-electron chi connectivity index (χ4n) is 2.32. The molecule has 0 spiro atoms. The molecule has 0 aliphatic heterocycles. The number of hydrogen-bond acceptors (Lipinski definition) is 0. The molecule has 0 aromatic rings. The van der Waals surface area contributed by atoms with Gasteiger partial charge < -0.3 is 12.4 Å². The topological polar surface area (TPSA) is 0 Å². The van der Waals surface area contributed by atoms with Gasteiger partial charge in [-0.15, -0.1) is 0 Å². The average Bonchev–Trinajstić information content (AvgIpc) is 2.39. The maximum absolute atomic E-state index is 2.41. The van der Waals surface area contributed by atoms with Crippen molar-refractivity contribution >= 4 is 0 Å². The second-order valence-corrected chi connectivity index (χ2v) is 5.58. The van der Waals surface area contributed by atoms with Gasteiger partial charge in [0.2, 0.25) is 0 Å². The Hall–Kier alpha value is 1.03. The number of allylic oxidation sites excluding steroid dienone is 2. The number of halogens is 1. The summed E-state index contributed by atoms with van der Waals surface area (Å²) < 4.78 is 0. The van der Waals surface area contributed by atoms with Crippen LogP contribution in [0.2, 0.25) is 0 Å². The summed E-state index contributed by atoms with van der Waals surface area (Å²) in [5, 5.41) is 0. The van der Waals surface area contributed by atoms with Crippen LogP contribution in [0.25, 0.3) is 0 Å². The summed E-state index contributed by atoms with van der Waals surface area (Å²) in [5.74, 6) is 0. The number of hydrogen-bond donors (Lipinski definition) is 0. The molecule has 0 aliphatic rings. The van der Waals surface area contributed by atoms with E-state index in [1.54, 1.807) is 0 Å². The molecular formula is C18H36ClNa. The van der Waals surface area contributed by atoms with E-state index in [9.17, 15) is 0 Å². The Morgan fingerprint density at radius 1 is 0.500 bits per heavy atom. The molecule has 0 rings (SSSR count). The molecule has 0 aliphatic carbocycles. The molecule has 0 heterocycles. The van der Waals surface area contributed by atoms with Crippen molar-refractivity contribution in [2.75, 3.05) is 0 Å². The molecule has 0 unspecified atom stereocenters. The van der Waals surface area contributed by atoms with E-state index in [4.69, 9.17) is 0 Å². The normalized spacial score (nSPS) is 10.3. The van der Waals surface area contributed by atoms with Gasteiger partial charge in [0.05, 0.1) is 0 Å². The zero-order chi connectivity index (χ0) is 13.3. The fraction of sp³-hybridized carbons (Fsp3) is 0.889. The Morgan fingerprint density at radius 3 is 1.15 bits per heavy atom. The van der Waals surface area contributed by atoms with Crippen LogP contribution in [0.5, 0.6) is 0 Å². The summed E-state index contributed by atoms with van der Waals surface area (Å²) in [6.45, 7) is 4.57. The van der Waals surface area contributed by atoms with Gasteiger partial charge in [0.25, 0.3) is 0 Å². The quantitative estimate of drug-likeness (QED) is 0.256. The summed E-state index contributed by atoms with van der Waals surface area (Å²) in [7, 11) is 0. The van der Waals surface area contributed by atoms with Crippen molar-refractivity contribution in [3.05, 3.63) is 12.2 Å². The molecule has 0 saturated heterocycles. The Kier molecular flexibility index (Phi) is 32.5. The maximum Gasteiger partial charge on any atom is 1.00 e. The van der Waals surface area contributed by atoms with Gasteiger partial charge in [0.1, 0.15) is 0 Å². The van der Waals surface area contributed by atoms with E-state index in [0.717, 1.165) is 0 Å². The summed E-state index contributed by atoms with van der Waals surface area (Å²) >= 11 is 0. The van der Waals surface area contributed by atoms with Gasteiger partial charge in [-0.1, -0.05) is 90.2 Å². The number of rotatable bonds is 14. The van der Waals surface area contributed by atoms with Crippen LogP contribution in [0, 0.1) is 0 Å². The third-order valence-electron chi connectivity index (χ3n) is 3.62. The minimum atomic E-state index is 0. The molecule has 0 aromatic carbocycles. The van der Waals surface area contributed by atoms with Gasteiger partial charge in [0, 0.05) is 0 Å². The van der Waals surface area contributed by atoms with Gasteiger partial charge in [-0.2, -0.15) is 0 Å². The van der Waals surface area contributed by atoms with Crippen LogP contribution in [-0.2, 0) is 0 Å².